The maximum absolute atomic E-state index is 12.7. The highest BCUT2D eigenvalue weighted by Gasteiger charge is 2.16. The molecule has 1 aromatic heterocycles. The van der Waals surface area contributed by atoms with Crippen molar-refractivity contribution in [1.82, 2.24) is 9.78 Å². The quantitative estimate of drug-likeness (QED) is 0.472. The van der Waals surface area contributed by atoms with Gasteiger partial charge in [0.2, 0.25) is 0 Å². The molecular weight excluding hydrogens is 417 g/mol. The van der Waals surface area contributed by atoms with Crippen molar-refractivity contribution in [2.45, 2.75) is 11.4 Å². The van der Waals surface area contributed by atoms with E-state index < -0.39 is 10.0 Å². The Morgan fingerprint density at radius 3 is 2.50 bits per heavy atom. The van der Waals surface area contributed by atoms with Gasteiger partial charge in [-0.3, -0.25) is 9.40 Å². The lowest BCUT2D eigenvalue weighted by Crippen LogP contribution is -2.13. The minimum absolute atomic E-state index is 0.182. The lowest BCUT2D eigenvalue weighted by atomic mass is 10.1. The van der Waals surface area contributed by atoms with Crippen LogP contribution in [0.4, 0.5) is 5.82 Å². The Morgan fingerprint density at radius 1 is 0.929 bits per heavy atom. The molecule has 0 aliphatic carbocycles. The number of halogens is 2. The first-order valence-electron chi connectivity index (χ1n) is 8.40. The number of nitrogens with zero attached hydrogens (tertiary/aromatic N) is 2. The van der Waals surface area contributed by atoms with Gasteiger partial charge in [0.05, 0.1) is 11.4 Å². The molecule has 0 saturated heterocycles. The Hall–Kier alpha value is -2.54. The van der Waals surface area contributed by atoms with Crippen LogP contribution in [-0.4, -0.2) is 18.2 Å². The number of anilines is 1. The van der Waals surface area contributed by atoms with Crippen molar-refractivity contribution in [1.29, 1.82) is 0 Å². The summed E-state index contributed by atoms with van der Waals surface area (Å²) in [6, 6.07) is 19.4. The highest BCUT2D eigenvalue weighted by atomic mass is 35.5. The standard InChI is InChI=1S/C20H15Cl2N3O2S/c21-17-7-5-16(19(22)12-17)13-25-10-9-20(23-25)24-28(26,27)18-8-6-14-3-1-2-4-15(14)11-18/h1-12H,13H2,(H,23,24). The maximum Gasteiger partial charge on any atom is 0.263 e. The van der Waals surface area contributed by atoms with E-state index >= 15 is 0 Å². The molecule has 5 nitrogen and oxygen atoms in total. The van der Waals surface area contributed by atoms with Gasteiger partial charge in [0, 0.05) is 22.3 Å². The summed E-state index contributed by atoms with van der Waals surface area (Å²) < 4.78 is 29.5. The van der Waals surface area contributed by atoms with Crippen LogP contribution in [0.5, 0.6) is 0 Å². The predicted octanol–water partition coefficient (Wildman–Crippen LogP) is 5.19. The molecule has 0 fully saturated rings. The summed E-state index contributed by atoms with van der Waals surface area (Å²) in [7, 11) is -3.75. The van der Waals surface area contributed by atoms with Crippen LogP contribution in [0.1, 0.15) is 5.56 Å². The molecule has 28 heavy (non-hydrogen) atoms. The molecule has 0 unspecified atom stereocenters. The fourth-order valence-corrected chi connectivity index (χ4v) is 4.36. The lowest BCUT2D eigenvalue weighted by Gasteiger charge is -2.07. The first kappa shape index (κ1) is 18.8. The molecule has 0 radical (unpaired) electrons. The number of hydrogen-bond donors (Lipinski definition) is 1. The molecule has 0 bridgehead atoms. The van der Waals surface area contributed by atoms with E-state index in [0.717, 1.165) is 16.3 Å². The fourth-order valence-electron chi connectivity index (χ4n) is 2.86. The zero-order valence-electron chi connectivity index (χ0n) is 14.5. The van der Waals surface area contributed by atoms with E-state index in [1.54, 1.807) is 47.3 Å². The summed E-state index contributed by atoms with van der Waals surface area (Å²) >= 11 is 12.1. The van der Waals surface area contributed by atoms with Crippen LogP contribution in [0, 0.1) is 0 Å². The molecule has 4 rings (SSSR count). The van der Waals surface area contributed by atoms with Gasteiger partial charge in [-0.15, -0.1) is 0 Å². The third-order valence-electron chi connectivity index (χ3n) is 4.26. The monoisotopic (exact) mass is 431 g/mol. The van der Waals surface area contributed by atoms with Crippen LogP contribution in [-0.2, 0) is 16.6 Å². The van der Waals surface area contributed by atoms with Crippen LogP contribution in [0.2, 0.25) is 10.0 Å². The van der Waals surface area contributed by atoms with Gasteiger partial charge in [-0.1, -0.05) is 59.6 Å². The van der Waals surface area contributed by atoms with E-state index in [0.29, 0.717) is 16.6 Å². The number of nitrogens with one attached hydrogen (secondary N) is 1. The van der Waals surface area contributed by atoms with Crippen molar-refractivity contribution in [2.24, 2.45) is 0 Å². The molecule has 1 N–H and O–H groups in total. The zero-order valence-corrected chi connectivity index (χ0v) is 16.8. The molecular formula is C20H15Cl2N3O2S. The molecule has 0 spiro atoms. The van der Waals surface area contributed by atoms with Crippen LogP contribution < -0.4 is 4.72 Å². The Balaban J connectivity index is 1.55. The summed E-state index contributed by atoms with van der Waals surface area (Å²) in [5.41, 5.74) is 0.832. The molecule has 0 atom stereocenters. The van der Waals surface area contributed by atoms with Crippen LogP contribution in [0.3, 0.4) is 0 Å². The summed E-state index contributed by atoms with van der Waals surface area (Å²) in [5.74, 6) is 0.234. The number of benzene rings is 3. The van der Waals surface area contributed by atoms with E-state index in [1.165, 1.54) is 0 Å². The second-order valence-electron chi connectivity index (χ2n) is 6.25. The number of sulfonamides is 1. The first-order valence-corrected chi connectivity index (χ1v) is 10.6. The van der Waals surface area contributed by atoms with Crippen LogP contribution >= 0.6 is 23.2 Å². The topological polar surface area (TPSA) is 64.0 Å². The van der Waals surface area contributed by atoms with Crippen molar-refractivity contribution in [3.8, 4) is 0 Å². The summed E-state index contributed by atoms with van der Waals surface area (Å²) in [6.45, 7) is 0.397. The van der Waals surface area contributed by atoms with Gasteiger partial charge in [0.15, 0.2) is 5.82 Å². The number of rotatable bonds is 5. The largest absolute Gasteiger partial charge is 0.266 e. The highest BCUT2D eigenvalue weighted by Crippen LogP contribution is 2.23. The third kappa shape index (κ3) is 3.99. The van der Waals surface area contributed by atoms with Crippen LogP contribution in [0.15, 0.2) is 77.8 Å². The third-order valence-corrected chi connectivity index (χ3v) is 6.20. The summed E-state index contributed by atoms with van der Waals surface area (Å²) in [6.07, 6.45) is 1.68. The highest BCUT2D eigenvalue weighted by molar-refractivity contribution is 7.92. The minimum atomic E-state index is -3.75. The first-order chi connectivity index (χ1) is 13.4. The van der Waals surface area contributed by atoms with E-state index in [1.807, 2.05) is 30.3 Å². The smallest absolute Gasteiger partial charge is 0.263 e. The Kier molecular flexibility index (Phi) is 5.02. The van der Waals surface area contributed by atoms with Crippen molar-refractivity contribution >= 4 is 49.8 Å². The number of aromatic nitrogens is 2. The number of hydrogen-bond acceptors (Lipinski definition) is 3. The van der Waals surface area contributed by atoms with Crippen molar-refractivity contribution in [3.05, 3.63) is 88.5 Å². The molecule has 142 valence electrons. The Bertz CT molecular complexity index is 1270. The average molecular weight is 432 g/mol. The molecule has 0 saturated carbocycles. The van der Waals surface area contributed by atoms with E-state index in [-0.39, 0.29) is 10.7 Å². The average Bonchev–Trinajstić information content (AvgIpc) is 3.10. The minimum Gasteiger partial charge on any atom is -0.266 e. The molecule has 1 heterocycles. The van der Waals surface area contributed by atoms with Gasteiger partial charge < -0.3 is 0 Å². The SMILES string of the molecule is O=S(=O)(Nc1ccn(Cc2ccc(Cl)cc2Cl)n1)c1ccc2ccccc2c1. The predicted molar refractivity (Wildman–Crippen MR) is 113 cm³/mol. The molecule has 3 aromatic carbocycles. The normalized spacial score (nSPS) is 11.6. The molecule has 0 amide bonds. The van der Waals surface area contributed by atoms with Gasteiger partial charge >= 0.3 is 0 Å². The molecule has 0 aliphatic rings. The molecule has 8 heteroatoms. The van der Waals surface area contributed by atoms with Crippen molar-refractivity contribution < 1.29 is 8.42 Å². The maximum atomic E-state index is 12.7. The van der Waals surface area contributed by atoms with Gasteiger partial charge in [-0.25, -0.2) is 8.42 Å². The second-order valence-corrected chi connectivity index (χ2v) is 8.77. The van der Waals surface area contributed by atoms with Gasteiger partial charge in [-0.2, -0.15) is 5.10 Å². The summed E-state index contributed by atoms with van der Waals surface area (Å²) in [4.78, 5) is 0.182. The Labute approximate surface area is 172 Å². The van der Waals surface area contributed by atoms with Crippen molar-refractivity contribution in [3.63, 3.8) is 0 Å². The van der Waals surface area contributed by atoms with Gasteiger partial charge in [0.25, 0.3) is 10.0 Å². The Morgan fingerprint density at radius 2 is 1.71 bits per heavy atom. The molecule has 0 aliphatic heterocycles. The van der Waals surface area contributed by atoms with E-state index in [2.05, 4.69) is 9.82 Å². The summed E-state index contributed by atoms with van der Waals surface area (Å²) in [5, 5.41) is 7.19. The van der Waals surface area contributed by atoms with E-state index in [9.17, 15) is 8.42 Å². The molecule has 4 aromatic rings. The fraction of sp³-hybridized carbons (Fsp3) is 0.0500. The second kappa shape index (κ2) is 7.47. The van der Waals surface area contributed by atoms with Gasteiger partial charge in [-0.05, 0) is 40.6 Å². The lowest BCUT2D eigenvalue weighted by molar-refractivity contribution is 0.600. The van der Waals surface area contributed by atoms with Gasteiger partial charge in [0.1, 0.15) is 0 Å². The zero-order chi connectivity index (χ0) is 19.7. The van der Waals surface area contributed by atoms with Crippen LogP contribution in [0.25, 0.3) is 10.8 Å². The number of fused-ring (bicyclic) bond motifs is 1. The van der Waals surface area contributed by atoms with E-state index in [4.69, 9.17) is 23.2 Å². The van der Waals surface area contributed by atoms with Crippen molar-refractivity contribution in [2.75, 3.05) is 4.72 Å².